The fourth-order valence-corrected chi connectivity index (χ4v) is 3.96. The molecular weight excluding hydrogens is 407 g/mol. The molecule has 1 unspecified atom stereocenters. The molecule has 1 amide bonds. The molecule has 5 rings (SSSR count). The lowest BCUT2D eigenvalue weighted by molar-refractivity contribution is 0.0941. The Morgan fingerprint density at radius 1 is 1.12 bits per heavy atom. The molecule has 1 atom stereocenters. The SMILES string of the molecule is CC(NC(=O)c1cn(C)c2ccc(-c3ccn4nc(N)nc4c3)cc12)c1cccc(F)c1. The van der Waals surface area contributed by atoms with Crippen molar-refractivity contribution in [2.24, 2.45) is 7.05 Å². The zero-order valence-electron chi connectivity index (χ0n) is 17.6. The minimum absolute atomic E-state index is 0.215. The highest BCUT2D eigenvalue weighted by Crippen LogP contribution is 2.29. The zero-order chi connectivity index (χ0) is 22.4. The number of carbonyl (C=O) groups excluding carboxylic acids is 1. The maximum atomic E-state index is 13.6. The fourth-order valence-electron chi connectivity index (χ4n) is 3.96. The van der Waals surface area contributed by atoms with Crippen LogP contribution < -0.4 is 11.1 Å². The highest BCUT2D eigenvalue weighted by molar-refractivity contribution is 6.08. The molecule has 0 saturated heterocycles. The van der Waals surface area contributed by atoms with Crippen molar-refractivity contribution < 1.29 is 9.18 Å². The van der Waals surface area contributed by atoms with Crippen LogP contribution in [0.25, 0.3) is 27.7 Å². The first kappa shape index (κ1) is 19.7. The minimum Gasteiger partial charge on any atom is -0.366 e. The molecule has 0 spiro atoms. The van der Waals surface area contributed by atoms with E-state index in [9.17, 15) is 9.18 Å². The van der Waals surface area contributed by atoms with Crippen LogP contribution in [-0.2, 0) is 7.05 Å². The second-order valence-corrected chi connectivity index (χ2v) is 7.82. The van der Waals surface area contributed by atoms with Crippen molar-refractivity contribution in [1.82, 2.24) is 24.5 Å². The third-order valence-corrected chi connectivity index (χ3v) is 5.62. The van der Waals surface area contributed by atoms with Crippen LogP contribution in [0.4, 0.5) is 10.3 Å². The number of aryl methyl sites for hydroxylation is 1. The summed E-state index contributed by atoms with van der Waals surface area (Å²) in [5, 5.41) is 7.91. The monoisotopic (exact) mass is 428 g/mol. The highest BCUT2D eigenvalue weighted by atomic mass is 19.1. The van der Waals surface area contributed by atoms with Gasteiger partial charge < -0.3 is 15.6 Å². The van der Waals surface area contributed by atoms with E-state index in [1.54, 1.807) is 22.8 Å². The summed E-state index contributed by atoms with van der Waals surface area (Å²) in [5.74, 6) is -0.331. The van der Waals surface area contributed by atoms with E-state index in [1.165, 1.54) is 12.1 Å². The first-order chi connectivity index (χ1) is 15.4. The third-order valence-electron chi connectivity index (χ3n) is 5.62. The molecule has 3 N–H and O–H groups in total. The smallest absolute Gasteiger partial charge is 0.253 e. The maximum Gasteiger partial charge on any atom is 0.253 e. The van der Waals surface area contributed by atoms with Crippen LogP contribution >= 0.6 is 0 Å². The Bertz CT molecular complexity index is 1480. The van der Waals surface area contributed by atoms with Crippen LogP contribution in [0.1, 0.15) is 28.9 Å². The van der Waals surface area contributed by atoms with Crippen LogP contribution in [0.5, 0.6) is 0 Å². The number of halogens is 1. The van der Waals surface area contributed by atoms with Crippen LogP contribution in [-0.4, -0.2) is 25.1 Å². The predicted octanol–water partition coefficient (Wildman–Crippen LogP) is 4.10. The molecule has 8 heteroatoms. The summed E-state index contributed by atoms with van der Waals surface area (Å²) < 4.78 is 17.1. The number of anilines is 1. The van der Waals surface area contributed by atoms with E-state index >= 15 is 0 Å². The molecule has 3 aromatic heterocycles. The van der Waals surface area contributed by atoms with Crippen LogP contribution in [0.15, 0.2) is 67.0 Å². The molecule has 5 aromatic rings. The Hall–Kier alpha value is -4.20. The van der Waals surface area contributed by atoms with Crippen molar-refractivity contribution in [2.45, 2.75) is 13.0 Å². The number of nitrogens with zero attached hydrogens (tertiary/aromatic N) is 4. The van der Waals surface area contributed by atoms with Crippen molar-refractivity contribution in [2.75, 3.05) is 5.73 Å². The van der Waals surface area contributed by atoms with E-state index < -0.39 is 0 Å². The maximum absolute atomic E-state index is 13.6. The highest BCUT2D eigenvalue weighted by Gasteiger charge is 2.18. The number of carbonyl (C=O) groups is 1. The van der Waals surface area contributed by atoms with Gasteiger partial charge in [-0.2, -0.15) is 4.98 Å². The predicted molar refractivity (Wildman–Crippen MR) is 122 cm³/mol. The van der Waals surface area contributed by atoms with Gasteiger partial charge in [-0.05, 0) is 60.0 Å². The summed E-state index contributed by atoms with van der Waals surface area (Å²) in [5.41, 5.74) is 10.4. The van der Waals surface area contributed by atoms with Gasteiger partial charge in [0.1, 0.15) is 5.82 Å². The average Bonchev–Trinajstić information content (AvgIpc) is 3.31. The molecular formula is C24H21FN6O. The molecule has 160 valence electrons. The zero-order valence-corrected chi connectivity index (χ0v) is 17.6. The molecule has 0 saturated carbocycles. The number of amides is 1. The van der Waals surface area contributed by atoms with Crippen molar-refractivity contribution in [3.05, 3.63) is 83.9 Å². The van der Waals surface area contributed by atoms with Gasteiger partial charge in [0.15, 0.2) is 5.65 Å². The minimum atomic E-state index is -0.336. The second kappa shape index (κ2) is 7.49. The van der Waals surface area contributed by atoms with Gasteiger partial charge in [-0.25, -0.2) is 8.91 Å². The summed E-state index contributed by atoms with van der Waals surface area (Å²) in [6.07, 6.45) is 3.61. The topological polar surface area (TPSA) is 90.2 Å². The molecule has 0 fully saturated rings. The van der Waals surface area contributed by atoms with E-state index in [-0.39, 0.29) is 23.7 Å². The van der Waals surface area contributed by atoms with Crippen molar-refractivity contribution in [3.63, 3.8) is 0 Å². The van der Waals surface area contributed by atoms with Crippen molar-refractivity contribution in [3.8, 4) is 11.1 Å². The van der Waals surface area contributed by atoms with Crippen LogP contribution in [0, 0.1) is 5.82 Å². The summed E-state index contributed by atoms with van der Waals surface area (Å²) in [6, 6.07) is 15.7. The number of hydrogen-bond acceptors (Lipinski definition) is 4. The van der Waals surface area contributed by atoms with E-state index in [1.807, 2.05) is 55.1 Å². The molecule has 3 heterocycles. The van der Waals surface area contributed by atoms with Gasteiger partial charge in [0.2, 0.25) is 5.95 Å². The third kappa shape index (κ3) is 3.45. The Labute approximate surface area is 183 Å². The standard InChI is InChI=1S/C24H21FN6O/c1-14(15-4-3-5-18(25)10-15)27-23(32)20-13-30(2)21-7-6-16(11-19(20)21)17-8-9-31-22(12-17)28-24(26)29-31/h3-14H,1-2H3,(H2,26,29)(H,27,32). The normalized spacial score (nSPS) is 12.3. The van der Waals surface area contributed by atoms with Gasteiger partial charge in [0.25, 0.3) is 5.91 Å². The summed E-state index contributed by atoms with van der Waals surface area (Å²) >= 11 is 0. The van der Waals surface area contributed by atoms with E-state index in [0.29, 0.717) is 16.8 Å². The number of nitrogens with one attached hydrogen (secondary N) is 1. The van der Waals surface area contributed by atoms with Crippen LogP contribution in [0.2, 0.25) is 0 Å². The molecule has 2 aromatic carbocycles. The van der Waals surface area contributed by atoms with Gasteiger partial charge in [-0.15, -0.1) is 5.10 Å². The van der Waals surface area contributed by atoms with Crippen molar-refractivity contribution in [1.29, 1.82) is 0 Å². The van der Waals surface area contributed by atoms with E-state index in [0.717, 1.165) is 22.0 Å². The van der Waals surface area contributed by atoms with Gasteiger partial charge in [0.05, 0.1) is 11.6 Å². The number of hydrogen-bond donors (Lipinski definition) is 2. The molecule has 7 nitrogen and oxygen atoms in total. The molecule has 0 aliphatic heterocycles. The Kier molecular flexibility index (Phi) is 4.62. The Balaban J connectivity index is 1.51. The molecule has 0 aliphatic carbocycles. The lowest BCUT2D eigenvalue weighted by Gasteiger charge is -2.14. The molecule has 32 heavy (non-hydrogen) atoms. The first-order valence-corrected chi connectivity index (χ1v) is 10.2. The van der Waals surface area contributed by atoms with Gasteiger partial charge in [-0.1, -0.05) is 18.2 Å². The Morgan fingerprint density at radius 2 is 1.94 bits per heavy atom. The van der Waals surface area contributed by atoms with E-state index in [4.69, 9.17) is 5.73 Å². The van der Waals surface area contributed by atoms with Gasteiger partial charge >= 0.3 is 0 Å². The fraction of sp³-hybridized carbons (Fsp3) is 0.125. The van der Waals surface area contributed by atoms with E-state index in [2.05, 4.69) is 15.4 Å². The summed E-state index contributed by atoms with van der Waals surface area (Å²) in [4.78, 5) is 17.3. The summed E-state index contributed by atoms with van der Waals surface area (Å²) in [7, 11) is 1.90. The lowest BCUT2D eigenvalue weighted by Crippen LogP contribution is -2.26. The number of rotatable bonds is 4. The number of aromatic nitrogens is 4. The number of benzene rings is 2. The summed E-state index contributed by atoms with van der Waals surface area (Å²) in [6.45, 7) is 1.84. The Morgan fingerprint density at radius 3 is 2.75 bits per heavy atom. The quantitative estimate of drug-likeness (QED) is 0.451. The van der Waals surface area contributed by atoms with Crippen LogP contribution in [0.3, 0.4) is 0 Å². The number of nitrogen functional groups attached to an aromatic ring is 1. The first-order valence-electron chi connectivity index (χ1n) is 10.2. The number of nitrogens with two attached hydrogens (primary N) is 1. The van der Waals surface area contributed by atoms with Gasteiger partial charge in [0, 0.05) is 30.3 Å². The number of fused-ring (bicyclic) bond motifs is 2. The molecule has 0 aliphatic rings. The molecule has 0 bridgehead atoms. The van der Waals surface area contributed by atoms with Gasteiger partial charge in [-0.3, -0.25) is 4.79 Å². The van der Waals surface area contributed by atoms with Crippen molar-refractivity contribution >= 4 is 28.4 Å². The number of pyridine rings is 1. The second-order valence-electron chi connectivity index (χ2n) is 7.82. The largest absolute Gasteiger partial charge is 0.366 e. The lowest BCUT2D eigenvalue weighted by atomic mass is 10.0. The molecule has 0 radical (unpaired) electrons. The average molecular weight is 428 g/mol.